The van der Waals surface area contributed by atoms with E-state index in [1.165, 1.54) is 11.8 Å². The standard InChI is InChI=1S/C18H21N3O2S/c1-21(2)18(23)17(13-8-4-3-5-9-13)20-14-10-6-7-11-15(14)24-12-16(19)22/h3-11,17,20H,12H2,1-2H3,(H2,19,22)/t17-/m1/s1. The zero-order valence-corrected chi connectivity index (χ0v) is 14.5. The number of hydrogen-bond donors (Lipinski definition) is 2. The van der Waals surface area contributed by atoms with Gasteiger partial charge in [-0.3, -0.25) is 9.59 Å². The van der Waals surface area contributed by atoms with E-state index in [2.05, 4.69) is 5.32 Å². The molecule has 2 amide bonds. The zero-order chi connectivity index (χ0) is 17.5. The van der Waals surface area contributed by atoms with Crippen molar-refractivity contribution in [3.8, 4) is 0 Å². The number of anilines is 1. The topological polar surface area (TPSA) is 75.4 Å². The summed E-state index contributed by atoms with van der Waals surface area (Å²) in [5, 5.41) is 3.30. The molecule has 24 heavy (non-hydrogen) atoms. The summed E-state index contributed by atoms with van der Waals surface area (Å²) in [4.78, 5) is 26.1. The lowest BCUT2D eigenvalue weighted by molar-refractivity contribution is -0.129. The van der Waals surface area contributed by atoms with E-state index >= 15 is 0 Å². The SMILES string of the molecule is CN(C)C(=O)[C@H](Nc1ccccc1SCC(N)=O)c1ccccc1. The third-order valence-electron chi connectivity index (χ3n) is 3.38. The van der Waals surface area contributed by atoms with Gasteiger partial charge in [-0.15, -0.1) is 11.8 Å². The first-order valence-electron chi connectivity index (χ1n) is 7.52. The molecular formula is C18H21N3O2S. The fraction of sp³-hybridized carbons (Fsp3) is 0.222. The van der Waals surface area contributed by atoms with E-state index in [0.717, 1.165) is 16.1 Å². The molecule has 0 fully saturated rings. The number of hydrogen-bond acceptors (Lipinski definition) is 4. The van der Waals surface area contributed by atoms with E-state index in [0.29, 0.717) is 0 Å². The van der Waals surface area contributed by atoms with Gasteiger partial charge in [0, 0.05) is 24.7 Å². The van der Waals surface area contributed by atoms with Crippen molar-refractivity contribution >= 4 is 29.3 Å². The highest BCUT2D eigenvalue weighted by molar-refractivity contribution is 8.00. The molecule has 126 valence electrons. The van der Waals surface area contributed by atoms with Gasteiger partial charge in [-0.1, -0.05) is 42.5 Å². The van der Waals surface area contributed by atoms with Crippen molar-refractivity contribution in [1.82, 2.24) is 4.90 Å². The summed E-state index contributed by atoms with van der Waals surface area (Å²) >= 11 is 1.35. The highest BCUT2D eigenvalue weighted by Gasteiger charge is 2.23. The van der Waals surface area contributed by atoms with E-state index in [-0.39, 0.29) is 17.6 Å². The maximum Gasteiger partial charge on any atom is 0.249 e. The molecular weight excluding hydrogens is 322 g/mol. The van der Waals surface area contributed by atoms with Crippen LogP contribution in [-0.2, 0) is 9.59 Å². The molecule has 0 saturated carbocycles. The van der Waals surface area contributed by atoms with Crippen molar-refractivity contribution < 1.29 is 9.59 Å². The number of nitrogens with one attached hydrogen (secondary N) is 1. The molecule has 0 aliphatic heterocycles. The molecule has 5 nitrogen and oxygen atoms in total. The maximum absolute atomic E-state index is 12.6. The van der Waals surface area contributed by atoms with Crippen LogP contribution in [0.3, 0.4) is 0 Å². The summed E-state index contributed by atoms with van der Waals surface area (Å²) in [6.07, 6.45) is 0. The van der Waals surface area contributed by atoms with Gasteiger partial charge in [0.05, 0.1) is 5.75 Å². The number of carbonyl (C=O) groups excluding carboxylic acids is 2. The van der Waals surface area contributed by atoms with E-state index < -0.39 is 6.04 Å². The van der Waals surface area contributed by atoms with Gasteiger partial charge in [-0.05, 0) is 17.7 Å². The van der Waals surface area contributed by atoms with E-state index in [9.17, 15) is 9.59 Å². The second kappa shape index (κ2) is 8.40. The molecule has 6 heteroatoms. The molecule has 0 aliphatic carbocycles. The number of nitrogens with zero attached hydrogens (tertiary/aromatic N) is 1. The van der Waals surface area contributed by atoms with Crippen LogP contribution in [0.1, 0.15) is 11.6 Å². The van der Waals surface area contributed by atoms with Crippen LogP contribution in [0.25, 0.3) is 0 Å². The monoisotopic (exact) mass is 343 g/mol. The van der Waals surface area contributed by atoms with Crippen LogP contribution in [0.2, 0.25) is 0 Å². The van der Waals surface area contributed by atoms with Gasteiger partial charge in [0.2, 0.25) is 11.8 Å². The van der Waals surface area contributed by atoms with Crippen LogP contribution in [0.15, 0.2) is 59.5 Å². The van der Waals surface area contributed by atoms with Crippen molar-refractivity contribution in [3.63, 3.8) is 0 Å². The van der Waals surface area contributed by atoms with Crippen LogP contribution in [0.4, 0.5) is 5.69 Å². The molecule has 0 spiro atoms. The Morgan fingerprint density at radius 1 is 1.08 bits per heavy atom. The Balaban J connectivity index is 2.30. The van der Waals surface area contributed by atoms with Crippen molar-refractivity contribution in [3.05, 3.63) is 60.2 Å². The molecule has 0 saturated heterocycles. The lowest BCUT2D eigenvalue weighted by atomic mass is 10.1. The lowest BCUT2D eigenvalue weighted by Gasteiger charge is -2.24. The number of para-hydroxylation sites is 1. The number of rotatable bonds is 7. The number of thioether (sulfide) groups is 1. The molecule has 0 radical (unpaired) electrons. The first-order valence-corrected chi connectivity index (χ1v) is 8.50. The average molecular weight is 343 g/mol. The molecule has 0 heterocycles. The first-order chi connectivity index (χ1) is 11.5. The minimum Gasteiger partial charge on any atom is -0.369 e. The van der Waals surface area contributed by atoms with E-state index in [1.54, 1.807) is 19.0 Å². The maximum atomic E-state index is 12.6. The van der Waals surface area contributed by atoms with Crippen molar-refractivity contribution in [1.29, 1.82) is 0 Å². The van der Waals surface area contributed by atoms with Gasteiger partial charge in [0.1, 0.15) is 6.04 Å². The minimum atomic E-state index is -0.503. The van der Waals surface area contributed by atoms with Crippen LogP contribution in [-0.4, -0.2) is 36.6 Å². The molecule has 2 aromatic carbocycles. The van der Waals surface area contributed by atoms with Gasteiger partial charge >= 0.3 is 0 Å². The summed E-state index contributed by atoms with van der Waals surface area (Å²) in [6, 6.07) is 16.6. The fourth-order valence-corrected chi connectivity index (χ4v) is 2.96. The second-order valence-corrected chi connectivity index (χ2v) is 6.49. The summed E-state index contributed by atoms with van der Waals surface area (Å²) in [7, 11) is 3.46. The van der Waals surface area contributed by atoms with Gasteiger partial charge in [0.15, 0.2) is 0 Å². The van der Waals surface area contributed by atoms with E-state index in [1.807, 2.05) is 54.6 Å². The van der Waals surface area contributed by atoms with Crippen molar-refractivity contribution in [2.45, 2.75) is 10.9 Å². The summed E-state index contributed by atoms with van der Waals surface area (Å²) in [5.41, 5.74) is 6.91. The fourth-order valence-electron chi connectivity index (χ4n) is 2.21. The summed E-state index contributed by atoms with van der Waals surface area (Å²) < 4.78 is 0. The number of likely N-dealkylation sites (N-methyl/N-ethyl adjacent to an activating group) is 1. The lowest BCUT2D eigenvalue weighted by Crippen LogP contribution is -2.32. The molecule has 0 unspecified atom stereocenters. The van der Waals surface area contributed by atoms with Crippen LogP contribution in [0, 0.1) is 0 Å². The highest BCUT2D eigenvalue weighted by atomic mass is 32.2. The highest BCUT2D eigenvalue weighted by Crippen LogP contribution is 2.30. The predicted molar refractivity (Wildman–Crippen MR) is 97.9 cm³/mol. The molecule has 0 aromatic heterocycles. The molecule has 1 atom stereocenters. The summed E-state index contributed by atoms with van der Waals surface area (Å²) in [5.74, 6) is -0.231. The molecule has 2 rings (SSSR count). The van der Waals surface area contributed by atoms with Crippen LogP contribution >= 0.6 is 11.8 Å². The quantitative estimate of drug-likeness (QED) is 0.758. The number of amides is 2. The summed E-state index contributed by atoms with van der Waals surface area (Å²) in [6.45, 7) is 0. The Morgan fingerprint density at radius 3 is 2.33 bits per heavy atom. The molecule has 0 aliphatic rings. The molecule has 2 aromatic rings. The Bertz CT molecular complexity index is 704. The van der Waals surface area contributed by atoms with Gasteiger partial charge < -0.3 is 16.0 Å². The van der Waals surface area contributed by atoms with Crippen molar-refractivity contribution in [2.24, 2.45) is 5.73 Å². The Morgan fingerprint density at radius 2 is 1.71 bits per heavy atom. The zero-order valence-electron chi connectivity index (χ0n) is 13.7. The third kappa shape index (κ3) is 4.76. The predicted octanol–water partition coefficient (Wildman–Crippen LogP) is 2.51. The normalized spacial score (nSPS) is 11.6. The number of primary amides is 1. The number of carbonyl (C=O) groups is 2. The molecule has 0 bridgehead atoms. The Hall–Kier alpha value is -2.47. The average Bonchev–Trinajstić information content (AvgIpc) is 2.58. The Kier molecular flexibility index (Phi) is 6.26. The molecule has 3 N–H and O–H groups in total. The third-order valence-corrected chi connectivity index (χ3v) is 4.47. The van der Waals surface area contributed by atoms with Crippen LogP contribution < -0.4 is 11.1 Å². The van der Waals surface area contributed by atoms with Crippen LogP contribution in [0.5, 0.6) is 0 Å². The van der Waals surface area contributed by atoms with Gasteiger partial charge in [-0.2, -0.15) is 0 Å². The second-order valence-electron chi connectivity index (χ2n) is 5.47. The van der Waals surface area contributed by atoms with Gasteiger partial charge in [-0.25, -0.2) is 0 Å². The minimum absolute atomic E-state index is 0.0455. The Labute approximate surface area is 146 Å². The van der Waals surface area contributed by atoms with Crippen molar-refractivity contribution in [2.75, 3.05) is 25.2 Å². The largest absolute Gasteiger partial charge is 0.369 e. The van der Waals surface area contributed by atoms with E-state index in [4.69, 9.17) is 5.73 Å². The van der Waals surface area contributed by atoms with Gasteiger partial charge in [0.25, 0.3) is 0 Å². The first kappa shape index (κ1) is 17.9. The smallest absolute Gasteiger partial charge is 0.249 e. The number of nitrogens with two attached hydrogens (primary N) is 1. The number of benzene rings is 2.